The lowest BCUT2D eigenvalue weighted by atomic mass is 9.89. The highest BCUT2D eigenvalue weighted by Crippen LogP contribution is 2.49. The summed E-state index contributed by atoms with van der Waals surface area (Å²) >= 11 is 1.83. The summed E-state index contributed by atoms with van der Waals surface area (Å²) < 4.78 is 9.33. The number of para-hydroxylation sites is 1. The van der Waals surface area contributed by atoms with Crippen LogP contribution in [0.25, 0.3) is 64.4 Å². The van der Waals surface area contributed by atoms with Crippen LogP contribution in [0.4, 0.5) is 0 Å². The van der Waals surface area contributed by atoms with Crippen LogP contribution in [0.3, 0.4) is 0 Å². The molecule has 2 atom stereocenters. The van der Waals surface area contributed by atoms with E-state index >= 15 is 0 Å². The average molecular weight is 750 g/mol. The molecule has 0 saturated heterocycles. The van der Waals surface area contributed by atoms with Gasteiger partial charge in [-0.2, -0.15) is 0 Å². The number of benzene rings is 8. The monoisotopic (exact) mass is 749 g/mol. The van der Waals surface area contributed by atoms with E-state index in [2.05, 4.69) is 187 Å². The molecule has 2 aliphatic rings. The van der Waals surface area contributed by atoms with Crippen LogP contribution in [0, 0.1) is 0 Å². The third-order valence-corrected chi connectivity index (χ3v) is 13.0. The Balaban J connectivity index is 0.919. The zero-order valence-corrected chi connectivity index (χ0v) is 31.6. The molecule has 4 nitrogen and oxygen atoms in total. The van der Waals surface area contributed by atoms with Gasteiger partial charge >= 0.3 is 0 Å². The first-order valence-corrected chi connectivity index (χ1v) is 20.4. The van der Waals surface area contributed by atoms with Gasteiger partial charge in [-0.25, -0.2) is 4.99 Å². The number of hydrogen-bond acceptors (Lipinski definition) is 5. The molecular weight excluding hydrogens is 715 g/mol. The maximum absolute atomic E-state index is 6.84. The first kappa shape index (κ1) is 32.5. The van der Waals surface area contributed by atoms with Gasteiger partial charge in [-0.05, 0) is 68.8 Å². The summed E-state index contributed by atoms with van der Waals surface area (Å²) in [6, 6.07) is 65.6. The van der Waals surface area contributed by atoms with Gasteiger partial charge in [0.25, 0.3) is 0 Å². The quantitative estimate of drug-likeness (QED) is 0.184. The molecule has 8 aromatic carbocycles. The highest BCUT2D eigenvalue weighted by molar-refractivity contribution is 7.25. The second kappa shape index (κ2) is 12.9. The van der Waals surface area contributed by atoms with E-state index in [1.807, 2.05) is 17.4 Å². The Morgan fingerprint density at radius 2 is 1.16 bits per heavy atom. The summed E-state index contributed by atoms with van der Waals surface area (Å²) in [5.74, 6) is 1.06. The Bertz CT molecular complexity index is 3170. The van der Waals surface area contributed by atoms with Crippen molar-refractivity contribution in [2.24, 2.45) is 4.99 Å². The second-order valence-electron chi connectivity index (χ2n) is 15.1. The van der Waals surface area contributed by atoms with E-state index in [0.29, 0.717) is 0 Å². The first-order valence-electron chi connectivity index (χ1n) is 19.5. The third kappa shape index (κ3) is 5.27. The molecule has 0 amide bonds. The van der Waals surface area contributed by atoms with E-state index in [9.17, 15) is 0 Å². The molecule has 2 unspecified atom stereocenters. The molecule has 1 aliphatic carbocycles. The standard InChI is InChI=1S/C52H35N3OS/c1-3-12-31(13-4-1)50-53-51(32-14-5-2-6-15-32)55-52(54-50)35-23-26-40-44-28-33(24-27-46(44)57-47(40)30-35)36-20-11-21-43-39-25-22-34(29-45(39)56-49(36)43)48-41-18-9-7-16-37(41)38-17-8-10-19-42(38)48/h1-30,48,50-51,53H,(H,54,55). The molecule has 5 heteroatoms. The number of furan rings is 1. The van der Waals surface area contributed by atoms with Crippen molar-refractivity contribution < 1.29 is 4.42 Å². The highest BCUT2D eigenvalue weighted by atomic mass is 32.1. The van der Waals surface area contributed by atoms with Crippen molar-refractivity contribution in [2.45, 2.75) is 18.2 Å². The fourth-order valence-electron chi connectivity index (χ4n) is 9.16. The molecule has 10 aromatic rings. The number of hydrogen-bond donors (Lipinski definition) is 2. The van der Waals surface area contributed by atoms with Crippen LogP contribution in [0.15, 0.2) is 191 Å². The molecule has 0 saturated carbocycles. The Kier molecular flexibility index (Phi) is 7.34. The molecule has 0 radical (unpaired) electrons. The number of nitrogens with zero attached hydrogens (tertiary/aromatic N) is 1. The van der Waals surface area contributed by atoms with E-state index in [1.165, 1.54) is 53.6 Å². The Morgan fingerprint density at radius 3 is 1.95 bits per heavy atom. The van der Waals surface area contributed by atoms with Crippen LogP contribution in [0.1, 0.15) is 51.6 Å². The lowest BCUT2D eigenvalue weighted by Gasteiger charge is -2.32. The number of nitrogens with one attached hydrogen (secondary N) is 2. The zero-order chi connectivity index (χ0) is 37.5. The number of amidine groups is 1. The first-order chi connectivity index (χ1) is 28.2. The predicted octanol–water partition coefficient (Wildman–Crippen LogP) is 13.1. The van der Waals surface area contributed by atoms with Gasteiger partial charge in [0, 0.05) is 48.0 Å². The molecule has 3 heterocycles. The Morgan fingerprint density at radius 1 is 0.474 bits per heavy atom. The summed E-state index contributed by atoms with van der Waals surface area (Å²) in [4.78, 5) is 5.20. The van der Waals surface area contributed by atoms with Gasteiger partial charge in [0.2, 0.25) is 0 Å². The van der Waals surface area contributed by atoms with E-state index in [1.54, 1.807) is 0 Å². The van der Waals surface area contributed by atoms with Gasteiger partial charge in [-0.1, -0.05) is 158 Å². The molecule has 57 heavy (non-hydrogen) atoms. The molecule has 0 fully saturated rings. The minimum atomic E-state index is -0.169. The van der Waals surface area contributed by atoms with Crippen LogP contribution in [0.5, 0.6) is 0 Å². The van der Waals surface area contributed by atoms with Gasteiger partial charge in [-0.15, -0.1) is 11.3 Å². The normalized spacial score (nSPS) is 16.5. The summed E-state index contributed by atoms with van der Waals surface area (Å²) in [5, 5.41) is 12.2. The van der Waals surface area contributed by atoms with Crippen LogP contribution < -0.4 is 10.6 Å². The molecule has 0 spiro atoms. The molecule has 1 aliphatic heterocycles. The van der Waals surface area contributed by atoms with Crippen molar-refractivity contribution in [3.63, 3.8) is 0 Å². The van der Waals surface area contributed by atoms with E-state index < -0.39 is 0 Å². The van der Waals surface area contributed by atoms with Crippen molar-refractivity contribution in [2.75, 3.05) is 0 Å². The minimum absolute atomic E-state index is 0.0757. The van der Waals surface area contributed by atoms with E-state index in [4.69, 9.17) is 9.41 Å². The molecule has 2 N–H and O–H groups in total. The fourth-order valence-corrected chi connectivity index (χ4v) is 10.3. The van der Waals surface area contributed by atoms with Gasteiger partial charge in [0.1, 0.15) is 29.3 Å². The number of rotatable bonds is 5. The molecule has 270 valence electrons. The lowest BCUT2D eigenvalue weighted by molar-refractivity contribution is 0.409. The smallest absolute Gasteiger partial charge is 0.143 e. The SMILES string of the molecule is c1ccc(C2N=C(c3ccc4c(c3)sc3ccc(-c5cccc6c5oc5cc(C7c8ccccc8-c8ccccc87)ccc56)cc34)NC(c3ccccc3)N2)cc1. The largest absolute Gasteiger partial charge is 0.455 e. The van der Waals surface area contributed by atoms with Gasteiger partial charge in [-0.3, -0.25) is 5.32 Å². The summed E-state index contributed by atoms with van der Waals surface area (Å²) in [5.41, 5.74) is 14.1. The van der Waals surface area contributed by atoms with Crippen LogP contribution in [0.2, 0.25) is 0 Å². The lowest BCUT2D eigenvalue weighted by Crippen LogP contribution is -2.44. The number of aliphatic imine (C=N–C) groups is 1. The Hall–Kier alpha value is -6.79. The molecular formula is C52H35N3OS. The van der Waals surface area contributed by atoms with E-state index in [0.717, 1.165) is 50.0 Å². The highest BCUT2D eigenvalue weighted by Gasteiger charge is 2.30. The van der Waals surface area contributed by atoms with Gasteiger partial charge in [0.15, 0.2) is 0 Å². The summed E-state index contributed by atoms with van der Waals surface area (Å²) in [7, 11) is 0. The van der Waals surface area contributed by atoms with Crippen LogP contribution >= 0.6 is 11.3 Å². The van der Waals surface area contributed by atoms with E-state index in [-0.39, 0.29) is 18.2 Å². The van der Waals surface area contributed by atoms with Crippen molar-refractivity contribution in [1.82, 2.24) is 10.6 Å². The molecule has 0 bridgehead atoms. The van der Waals surface area contributed by atoms with Crippen LogP contribution in [-0.4, -0.2) is 5.84 Å². The minimum Gasteiger partial charge on any atom is -0.455 e. The predicted molar refractivity (Wildman–Crippen MR) is 236 cm³/mol. The average Bonchev–Trinajstić information content (AvgIpc) is 3.95. The molecule has 12 rings (SSSR count). The third-order valence-electron chi connectivity index (χ3n) is 11.9. The fraction of sp³-hybridized carbons (Fsp3) is 0.0577. The van der Waals surface area contributed by atoms with Crippen molar-refractivity contribution in [3.05, 3.63) is 215 Å². The zero-order valence-electron chi connectivity index (χ0n) is 30.8. The maximum atomic E-state index is 6.84. The van der Waals surface area contributed by atoms with Crippen LogP contribution in [-0.2, 0) is 0 Å². The second-order valence-corrected chi connectivity index (χ2v) is 16.2. The topological polar surface area (TPSA) is 49.6 Å². The summed E-state index contributed by atoms with van der Waals surface area (Å²) in [6.07, 6.45) is -0.245. The van der Waals surface area contributed by atoms with Crippen molar-refractivity contribution >= 4 is 59.3 Å². The number of thiophene rings is 1. The van der Waals surface area contributed by atoms with Crippen molar-refractivity contribution in [3.8, 4) is 22.3 Å². The number of fused-ring (bicyclic) bond motifs is 9. The van der Waals surface area contributed by atoms with Crippen molar-refractivity contribution in [1.29, 1.82) is 0 Å². The maximum Gasteiger partial charge on any atom is 0.143 e. The molecule has 2 aromatic heterocycles. The van der Waals surface area contributed by atoms with Gasteiger partial charge in [0.05, 0.1) is 0 Å². The Labute approximate surface area is 333 Å². The van der Waals surface area contributed by atoms with Gasteiger partial charge < -0.3 is 9.73 Å². The summed E-state index contributed by atoms with van der Waals surface area (Å²) in [6.45, 7) is 0.